The van der Waals surface area contributed by atoms with Gasteiger partial charge in [0.05, 0.1) is 35.5 Å². The lowest BCUT2D eigenvalue weighted by Crippen LogP contribution is -2.39. The van der Waals surface area contributed by atoms with Gasteiger partial charge in [-0.15, -0.1) is 0 Å². The van der Waals surface area contributed by atoms with Crippen LogP contribution in [0.3, 0.4) is 0 Å². The Bertz CT molecular complexity index is 1180. The molecule has 4 heterocycles. The maximum absolute atomic E-state index is 10.7. The molecule has 9 nitrogen and oxygen atoms in total. The van der Waals surface area contributed by atoms with Crippen molar-refractivity contribution in [3.05, 3.63) is 66.7 Å². The first-order chi connectivity index (χ1) is 15.2. The molecule has 0 saturated carbocycles. The molecule has 9 heteroatoms. The zero-order valence-electron chi connectivity index (χ0n) is 16.7. The predicted octanol–water partition coefficient (Wildman–Crippen LogP) is 3.05. The van der Waals surface area contributed by atoms with Gasteiger partial charge in [-0.25, -0.2) is 0 Å². The molecule has 0 aliphatic carbocycles. The number of nitrogens with zero attached hydrogens (tertiary/aromatic N) is 6. The topological polar surface area (TPSA) is 109 Å². The van der Waals surface area contributed by atoms with E-state index in [1.54, 1.807) is 30.9 Å². The highest BCUT2D eigenvalue weighted by atomic mass is 16.5. The van der Waals surface area contributed by atoms with Crippen LogP contribution >= 0.6 is 0 Å². The largest absolute Gasteiger partial charge is 0.493 e. The monoisotopic (exact) mass is 418 g/mol. The molecule has 158 valence electrons. The van der Waals surface area contributed by atoms with E-state index in [1.807, 2.05) is 35.0 Å². The molecule has 2 atom stereocenters. The molecule has 1 aromatic carbocycles. The van der Waals surface area contributed by atoms with Crippen LogP contribution in [0.4, 0.5) is 0 Å². The van der Waals surface area contributed by atoms with Crippen LogP contribution in [-0.2, 0) is 0 Å². The molecular weight excluding hydrogens is 396 g/mol. The lowest BCUT2D eigenvalue weighted by atomic mass is 10.0. The summed E-state index contributed by atoms with van der Waals surface area (Å²) >= 11 is 0. The standard InChI is InChI=1S/C22H22N6O3/c29-20-18-8-9-23-12-19(18)25-22(26-20)31-17-11-24-28(14-17)16-7-4-10-27(13-16)21(30)15-5-2-1-3-6-15/h1-3,5-6,8-9,11-12,14,16,21,30H,4,7,10,13H2,(H,25,26,29)/t16-,21?/m0/s1. The Labute approximate surface area is 178 Å². The highest BCUT2D eigenvalue weighted by Gasteiger charge is 2.27. The lowest BCUT2D eigenvalue weighted by molar-refractivity contribution is -0.0232. The second-order valence-corrected chi connectivity index (χ2v) is 7.56. The minimum atomic E-state index is -0.641. The molecule has 0 radical (unpaired) electrons. The summed E-state index contributed by atoms with van der Waals surface area (Å²) in [5.41, 5.74) is 1.38. The number of benzene rings is 1. The molecule has 1 aliphatic rings. The first-order valence-electron chi connectivity index (χ1n) is 10.2. The summed E-state index contributed by atoms with van der Waals surface area (Å²) in [7, 11) is 0. The maximum atomic E-state index is 10.7. The molecule has 1 saturated heterocycles. The molecule has 1 fully saturated rings. The van der Waals surface area contributed by atoms with Gasteiger partial charge in [-0.2, -0.15) is 15.1 Å². The van der Waals surface area contributed by atoms with Crippen LogP contribution in [0, 0.1) is 0 Å². The fraction of sp³-hybridized carbons (Fsp3) is 0.273. The predicted molar refractivity (Wildman–Crippen MR) is 113 cm³/mol. The fourth-order valence-corrected chi connectivity index (χ4v) is 3.92. The third kappa shape index (κ3) is 4.05. The Kier molecular flexibility index (Phi) is 5.19. The third-order valence-electron chi connectivity index (χ3n) is 5.49. The van der Waals surface area contributed by atoms with Gasteiger partial charge in [0.1, 0.15) is 6.23 Å². The summed E-state index contributed by atoms with van der Waals surface area (Å²) in [6.45, 7) is 1.51. The highest BCUT2D eigenvalue weighted by molar-refractivity contribution is 5.82. The van der Waals surface area contributed by atoms with Gasteiger partial charge in [-0.1, -0.05) is 30.3 Å². The van der Waals surface area contributed by atoms with Gasteiger partial charge in [0.25, 0.3) is 0 Å². The Morgan fingerprint density at radius 1 is 1.10 bits per heavy atom. The van der Waals surface area contributed by atoms with Crippen LogP contribution in [0.1, 0.15) is 30.7 Å². The minimum Gasteiger partial charge on any atom is -0.493 e. The number of ether oxygens (including phenoxy) is 1. The maximum Gasteiger partial charge on any atom is 0.326 e. The number of hydrogen-bond acceptors (Lipinski definition) is 8. The number of hydrogen-bond donors (Lipinski definition) is 2. The molecular formula is C22H22N6O3. The molecule has 2 N–H and O–H groups in total. The van der Waals surface area contributed by atoms with E-state index in [4.69, 9.17) is 4.74 Å². The quantitative estimate of drug-likeness (QED) is 0.509. The summed E-state index contributed by atoms with van der Waals surface area (Å²) in [5.74, 6) is 0.316. The van der Waals surface area contributed by atoms with E-state index in [0.29, 0.717) is 23.2 Å². The minimum absolute atomic E-state index is 0.0299. The SMILES string of the molecule is Oc1nc(Oc2cnn([C@H]3CCCN(C(O)c4ccccc4)C3)c2)nc2cnccc12. The van der Waals surface area contributed by atoms with Crippen molar-refractivity contribution in [1.82, 2.24) is 29.6 Å². The number of fused-ring (bicyclic) bond motifs is 1. The average molecular weight is 418 g/mol. The molecule has 31 heavy (non-hydrogen) atoms. The first kappa shape index (κ1) is 19.4. The fourth-order valence-electron chi connectivity index (χ4n) is 3.92. The van der Waals surface area contributed by atoms with Gasteiger partial charge in [-0.05, 0) is 24.5 Å². The van der Waals surface area contributed by atoms with E-state index in [9.17, 15) is 10.2 Å². The van der Waals surface area contributed by atoms with Crippen molar-refractivity contribution in [2.75, 3.05) is 13.1 Å². The highest BCUT2D eigenvalue weighted by Crippen LogP contribution is 2.30. The number of likely N-dealkylation sites (tertiary alicyclic amines) is 1. The summed E-state index contributed by atoms with van der Waals surface area (Å²) in [5, 5.41) is 25.8. The van der Waals surface area contributed by atoms with Crippen molar-refractivity contribution in [2.24, 2.45) is 0 Å². The van der Waals surface area contributed by atoms with Crippen LogP contribution in [0.15, 0.2) is 61.2 Å². The zero-order valence-corrected chi connectivity index (χ0v) is 16.7. The number of aromatic hydroxyl groups is 1. The second kappa shape index (κ2) is 8.29. The van der Waals surface area contributed by atoms with Gasteiger partial charge < -0.3 is 14.9 Å². The summed E-state index contributed by atoms with van der Waals surface area (Å²) in [6, 6.07) is 11.5. The van der Waals surface area contributed by atoms with Crippen molar-refractivity contribution in [2.45, 2.75) is 25.1 Å². The number of pyridine rings is 1. The van der Waals surface area contributed by atoms with Crippen LogP contribution in [0.5, 0.6) is 17.6 Å². The third-order valence-corrected chi connectivity index (χ3v) is 5.49. The van der Waals surface area contributed by atoms with E-state index in [0.717, 1.165) is 24.9 Å². The Hall–Kier alpha value is -3.56. The van der Waals surface area contributed by atoms with Crippen LogP contribution in [0.25, 0.3) is 10.9 Å². The van der Waals surface area contributed by atoms with Gasteiger partial charge in [0.2, 0.25) is 5.88 Å². The van der Waals surface area contributed by atoms with E-state index >= 15 is 0 Å². The van der Waals surface area contributed by atoms with Gasteiger partial charge in [0, 0.05) is 19.3 Å². The van der Waals surface area contributed by atoms with E-state index in [1.165, 1.54) is 0 Å². The molecule has 0 spiro atoms. The number of aliphatic hydroxyl groups excluding tert-OH is 1. The van der Waals surface area contributed by atoms with Crippen molar-refractivity contribution in [3.63, 3.8) is 0 Å². The molecule has 0 amide bonds. The van der Waals surface area contributed by atoms with Crippen molar-refractivity contribution < 1.29 is 14.9 Å². The van der Waals surface area contributed by atoms with Crippen LogP contribution < -0.4 is 4.74 Å². The molecule has 1 aliphatic heterocycles. The van der Waals surface area contributed by atoms with Crippen LogP contribution in [0.2, 0.25) is 0 Å². The van der Waals surface area contributed by atoms with Gasteiger partial charge in [0.15, 0.2) is 5.75 Å². The number of aromatic nitrogens is 5. The van der Waals surface area contributed by atoms with Gasteiger partial charge >= 0.3 is 6.01 Å². The van der Waals surface area contributed by atoms with E-state index in [-0.39, 0.29) is 17.9 Å². The van der Waals surface area contributed by atoms with Crippen molar-refractivity contribution in [3.8, 4) is 17.6 Å². The Morgan fingerprint density at radius 3 is 2.84 bits per heavy atom. The number of aliphatic hydroxyl groups is 1. The van der Waals surface area contributed by atoms with Crippen LogP contribution in [-0.4, -0.2) is 52.9 Å². The first-order valence-corrected chi connectivity index (χ1v) is 10.2. The van der Waals surface area contributed by atoms with Crippen molar-refractivity contribution in [1.29, 1.82) is 0 Å². The van der Waals surface area contributed by atoms with E-state index < -0.39 is 6.23 Å². The molecule has 3 aromatic heterocycles. The summed E-state index contributed by atoms with van der Waals surface area (Å²) in [4.78, 5) is 14.4. The lowest BCUT2D eigenvalue weighted by Gasteiger charge is -2.36. The Morgan fingerprint density at radius 2 is 1.97 bits per heavy atom. The Balaban J connectivity index is 1.30. The average Bonchev–Trinajstić information content (AvgIpc) is 3.28. The molecule has 0 bridgehead atoms. The summed E-state index contributed by atoms with van der Waals surface area (Å²) < 4.78 is 7.57. The normalized spacial score (nSPS) is 18.2. The summed E-state index contributed by atoms with van der Waals surface area (Å²) in [6.07, 6.45) is 7.77. The van der Waals surface area contributed by atoms with Crippen molar-refractivity contribution >= 4 is 10.9 Å². The van der Waals surface area contributed by atoms with E-state index in [2.05, 4.69) is 25.0 Å². The number of piperidine rings is 1. The zero-order chi connectivity index (χ0) is 21.2. The van der Waals surface area contributed by atoms with Gasteiger partial charge in [-0.3, -0.25) is 14.6 Å². The second-order valence-electron chi connectivity index (χ2n) is 7.56. The molecule has 5 rings (SSSR count). The molecule has 1 unspecified atom stereocenters. The smallest absolute Gasteiger partial charge is 0.326 e. The number of rotatable bonds is 5. The molecule has 4 aromatic rings.